The molecule has 0 bridgehead atoms. The van der Waals surface area contributed by atoms with Crippen LogP contribution in [0.4, 0.5) is 0 Å². The summed E-state index contributed by atoms with van der Waals surface area (Å²) < 4.78 is 0. The molecule has 0 aliphatic carbocycles. The van der Waals surface area contributed by atoms with E-state index >= 15 is 0 Å². The summed E-state index contributed by atoms with van der Waals surface area (Å²) in [6.45, 7) is 6.50. The second kappa shape index (κ2) is 6.19. The van der Waals surface area contributed by atoms with Crippen molar-refractivity contribution >= 4 is 0 Å². The number of hydrogen-bond donors (Lipinski definition) is 0. The Morgan fingerprint density at radius 1 is 0.636 bits per heavy atom. The Morgan fingerprint density at radius 2 is 1.18 bits per heavy atom. The summed E-state index contributed by atoms with van der Waals surface area (Å²) in [6.07, 6.45) is 1.04. The zero-order valence-electron chi connectivity index (χ0n) is 13.6. The van der Waals surface area contributed by atoms with Crippen molar-refractivity contribution in [3.05, 3.63) is 83.4 Å². The van der Waals surface area contributed by atoms with Crippen LogP contribution in [0.15, 0.2) is 66.7 Å². The summed E-state index contributed by atoms with van der Waals surface area (Å²) >= 11 is 0. The van der Waals surface area contributed by atoms with E-state index in [2.05, 4.69) is 87.5 Å². The molecule has 0 radical (unpaired) electrons. The Labute approximate surface area is 133 Å². The molecule has 110 valence electrons. The predicted octanol–water partition coefficient (Wildman–Crippen LogP) is 6.20. The van der Waals surface area contributed by atoms with Crippen LogP contribution in [0.25, 0.3) is 22.3 Å². The molecule has 0 atom stereocenters. The summed E-state index contributed by atoms with van der Waals surface area (Å²) in [4.78, 5) is 0. The number of benzene rings is 3. The molecule has 0 unspecified atom stereocenters. The minimum atomic E-state index is 1.04. The molecule has 0 saturated heterocycles. The van der Waals surface area contributed by atoms with Gasteiger partial charge in [0.1, 0.15) is 0 Å². The summed E-state index contributed by atoms with van der Waals surface area (Å²) in [6, 6.07) is 24.3. The van der Waals surface area contributed by atoms with E-state index < -0.39 is 0 Å². The molecule has 0 heterocycles. The monoisotopic (exact) mass is 286 g/mol. The molecule has 3 rings (SSSR count). The largest absolute Gasteiger partial charge is 0.0613 e. The minimum Gasteiger partial charge on any atom is -0.0613 e. The summed E-state index contributed by atoms with van der Waals surface area (Å²) in [5.41, 5.74) is 9.29. The third-order valence-electron chi connectivity index (χ3n) is 4.23. The van der Waals surface area contributed by atoms with E-state index in [1.807, 2.05) is 0 Å². The van der Waals surface area contributed by atoms with Gasteiger partial charge < -0.3 is 0 Å². The fourth-order valence-electron chi connectivity index (χ4n) is 2.93. The quantitative estimate of drug-likeness (QED) is 0.537. The molecule has 0 spiro atoms. The molecule has 0 saturated carbocycles. The Kier molecular flexibility index (Phi) is 4.11. The summed E-state index contributed by atoms with van der Waals surface area (Å²) in [5, 5.41) is 0. The van der Waals surface area contributed by atoms with Crippen molar-refractivity contribution in [3.8, 4) is 22.3 Å². The van der Waals surface area contributed by atoms with E-state index in [-0.39, 0.29) is 0 Å². The molecule has 0 fully saturated rings. The molecule has 0 aromatic heterocycles. The van der Waals surface area contributed by atoms with Crippen molar-refractivity contribution in [1.29, 1.82) is 0 Å². The Morgan fingerprint density at radius 3 is 1.73 bits per heavy atom. The lowest BCUT2D eigenvalue weighted by molar-refractivity contribution is 1.14. The topological polar surface area (TPSA) is 0 Å². The molecular formula is C22H22. The van der Waals surface area contributed by atoms with Crippen LogP contribution >= 0.6 is 0 Å². The van der Waals surface area contributed by atoms with Gasteiger partial charge in [0.25, 0.3) is 0 Å². The maximum Gasteiger partial charge on any atom is -0.00734 e. The lowest BCUT2D eigenvalue weighted by Crippen LogP contribution is -1.92. The number of aryl methyl sites for hydroxylation is 3. The van der Waals surface area contributed by atoms with Gasteiger partial charge in [0.05, 0.1) is 0 Å². The first-order valence-corrected chi connectivity index (χ1v) is 7.95. The van der Waals surface area contributed by atoms with Crippen molar-refractivity contribution < 1.29 is 0 Å². The lowest BCUT2D eigenvalue weighted by atomic mass is 9.89. The van der Waals surface area contributed by atoms with Crippen LogP contribution in [0, 0.1) is 13.8 Å². The Bertz CT molecular complexity index is 762. The average Bonchev–Trinajstić information content (AvgIpc) is 2.56. The molecule has 22 heavy (non-hydrogen) atoms. The summed E-state index contributed by atoms with van der Waals surface area (Å²) in [5.74, 6) is 0. The maximum absolute atomic E-state index is 2.24. The van der Waals surface area contributed by atoms with Gasteiger partial charge >= 0.3 is 0 Å². The molecule has 0 heteroatoms. The van der Waals surface area contributed by atoms with Crippen molar-refractivity contribution in [2.75, 3.05) is 0 Å². The first-order valence-electron chi connectivity index (χ1n) is 7.95. The molecule has 0 aliphatic rings. The standard InChI is InChI=1S/C22H22/c1-4-18-6-5-7-21(19-12-8-16(2)9-13-19)22(18)20-14-10-17(3)11-15-20/h5-15H,4H2,1-3H3. The van der Waals surface area contributed by atoms with E-state index in [1.54, 1.807) is 0 Å². The van der Waals surface area contributed by atoms with Crippen LogP contribution in [-0.4, -0.2) is 0 Å². The number of rotatable bonds is 3. The van der Waals surface area contributed by atoms with Crippen LogP contribution in [0.1, 0.15) is 23.6 Å². The average molecular weight is 286 g/mol. The molecule has 0 N–H and O–H groups in total. The van der Waals surface area contributed by atoms with Gasteiger partial charge in [0, 0.05) is 0 Å². The predicted molar refractivity (Wildman–Crippen MR) is 96.2 cm³/mol. The second-order valence-corrected chi connectivity index (χ2v) is 5.93. The van der Waals surface area contributed by atoms with E-state index in [0.29, 0.717) is 0 Å². The van der Waals surface area contributed by atoms with Crippen molar-refractivity contribution in [1.82, 2.24) is 0 Å². The molecule has 0 nitrogen and oxygen atoms in total. The van der Waals surface area contributed by atoms with Crippen molar-refractivity contribution in [2.45, 2.75) is 27.2 Å². The SMILES string of the molecule is CCc1cccc(-c2ccc(C)cc2)c1-c1ccc(C)cc1. The van der Waals surface area contributed by atoms with Gasteiger partial charge in [0.15, 0.2) is 0 Å². The highest BCUT2D eigenvalue weighted by atomic mass is 14.1. The van der Waals surface area contributed by atoms with Gasteiger partial charge in [-0.05, 0) is 48.1 Å². The lowest BCUT2D eigenvalue weighted by Gasteiger charge is -2.15. The third kappa shape index (κ3) is 2.82. The van der Waals surface area contributed by atoms with E-state index in [9.17, 15) is 0 Å². The van der Waals surface area contributed by atoms with Gasteiger partial charge in [-0.15, -0.1) is 0 Å². The van der Waals surface area contributed by atoms with Gasteiger partial charge in [-0.1, -0.05) is 84.8 Å². The highest BCUT2D eigenvalue weighted by Gasteiger charge is 2.11. The van der Waals surface area contributed by atoms with Crippen LogP contribution in [0.2, 0.25) is 0 Å². The smallest absolute Gasteiger partial charge is 0.00734 e. The molecule has 3 aromatic rings. The van der Waals surface area contributed by atoms with Crippen LogP contribution in [0.5, 0.6) is 0 Å². The van der Waals surface area contributed by atoms with Gasteiger partial charge in [0.2, 0.25) is 0 Å². The third-order valence-corrected chi connectivity index (χ3v) is 4.23. The van der Waals surface area contributed by atoms with E-state index in [1.165, 1.54) is 38.9 Å². The molecule has 0 aliphatic heterocycles. The molecule has 3 aromatic carbocycles. The fraction of sp³-hybridized carbons (Fsp3) is 0.182. The van der Waals surface area contributed by atoms with E-state index in [4.69, 9.17) is 0 Å². The Hall–Kier alpha value is -2.34. The first kappa shape index (κ1) is 14.6. The zero-order chi connectivity index (χ0) is 15.5. The van der Waals surface area contributed by atoms with Crippen molar-refractivity contribution in [3.63, 3.8) is 0 Å². The zero-order valence-corrected chi connectivity index (χ0v) is 13.6. The van der Waals surface area contributed by atoms with Crippen LogP contribution in [-0.2, 0) is 6.42 Å². The molecule has 0 amide bonds. The van der Waals surface area contributed by atoms with Crippen LogP contribution in [0.3, 0.4) is 0 Å². The second-order valence-electron chi connectivity index (χ2n) is 5.93. The fourth-order valence-corrected chi connectivity index (χ4v) is 2.93. The maximum atomic E-state index is 2.24. The van der Waals surface area contributed by atoms with Gasteiger partial charge in [-0.25, -0.2) is 0 Å². The minimum absolute atomic E-state index is 1.04. The highest BCUT2D eigenvalue weighted by Crippen LogP contribution is 2.35. The summed E-state index contributed by atoms with van der Waals surface area (Å²) in [7, 11) is 0. The molecular weight excluding hydrogens is 264 g/mol. The van der Waals surface area contributed by atoms with E-state index in [0.717, 1.165) is 6.42 Å². The van der Waals surface area contributed by atoms with Crippen LogP contribution < -0.4 is 0 Å². The van der Waals surface area contributed by atoms with Gasteiger partial charge in [-0.3, -0.25) is 0 Å². The van der Waals surface area contributed by atoms with Crippen molar-refractivity contribution in [2.24, 2.45) is 0 Å². The Balaban J connectivity index is 2.22. The number of hydrogen-bond acceptors (Lipinski definition) is 0. The highest BCUT2D eigenvalue weighted by molar-refractivity contribution is 5.85. The normalized spacial score (nSPS) is 10.7. The first-order chi connectivity index (χ1) is 10.7. The van der Waals surface area contributed by atoms with Gasteiger partial charge in [-0.2, -0.15) is 0 Å².